The molecule has 0 saturated carbocycles. The van der Waals surface area contributed by atoms with Crippen LogP contribution in [0.4, 0.5) is 34.1 Å². The average Bonchev–Trinajstić information content (AvgIpc) is 3.49. The van der Waals surface area contributed by atoms with Crippen molar-refractivity contribution in [1.29, 1.82) is 0 Å². The summed E-state index contributed by atoms with van der Waals surface area (Å²) in [6.45, 7) is 4.74. The number of fused-ring (bicyclic) bond motifs is 6. The van der Waals surface area contributed by atoms with E-state index in [0.717, 1.165) is 34.0 Å². The Hall–Kier alpha value is -7.16. The fraction of sp³-hybridized carbons (Fsp3) is 0.0545. The highest BCUT2D eigenvalue weighted by Crippen LogP contribution is 2.52. The third kappa shape index (κ3) is 6.16. The monoisotopic (exact) mass is 730 g/mol. The first-order valence-corrected chi connectivity index (χ1v) is 19.8. The maximum absolute atomic E-state index is 2.44. The van der Waals surface area contributed by atoms with Gasteiger partial charge < -0.3 is 9.80 Å². The third-order valence-corrected chi connectivity index (χ3v) is 11.6. The summed E-state index contributed by atoms with van der Waals surface area (Å²) in [5.74, 6) is 0. The highest BCUT2D eigenvalue weighted by atomic mass is 15.1. The number of hydrogen-bond donors (Lipinski definition) is 0. The van der Waals surface area contributed by atoms with E-state index >= 15 is 0 Å². The van der Waals surface area contributed by atoms with Crippen LogP contribution in [0.25, 0.3) is 44.8 Å². The van der Waals surface area contributed by atoms with Crippen molar-refractivity contribution in [3.8, 4) is 11.1 Å². The van der Waals surface area contributed by atoms with Gasteiger partial charge in [0, 0.05) is 39.2 Å². The Labute approximate surface area is 335 Å². The largest absolute Gasteiger partial charge is 0.311 e. The van der Waals surface area contributed by atoms with Gasteiger partial charge in [0.05, 0.1) is 5.69 Å². The Bertz CT molecular complexity index is 2870. The zero-order valence-corrected chi connectivity index (χ0v) is 32.2. The van der Waals surface area contributed by atoms with Crippen LogP contribution in [-0.4, -0.2) is 0 Å². The lowest BCUT2D eigenvalue weighted by molar-refractivity contribution is 0.660. The predicted molar refractivity (Wildman–Crippen MR) is 244 cm³/mol. The normalized spacial score (nSPS) is 12.8. The Morgan fingerprint density at radius 2 is 0.807 bits per heavy atom. The molecular weight excluding hydrogens is 689 g/mol. The van der Waals surface area contributed by atoms with Gasteiger partial charge >= 0.3 is 0 Å². The second kappa shape index (κ2) is 14.2. The molecule has 1 aliphatic rings. The molecule has 2 heteroatoms. The lowest BCUT2D eigenvalue weighted by Crippen LogP contribution is -2.17. The fourth-order valence-electron chi connectivity index (χ4n) is 8.74. The Morgan fingerprint density at radius 3 is 1.46 bits per heavy atom. The summed E-state index contributed by atoms with van der Waals surface area (Å²) >= 11 is 0. The molecule has 57 heavy (non-hydrogen) atoms. The highest BCUT2D eigenvalue weighted by Gasteiger charge is 2.36. The van der Waals surface area contributed by atoms with E-state index in [1.54, 1.807) is 0 Å². The van der Waals surface area contributed by atoms with Gasteiger partial charge in [0.1, 0.15) is 0 Å². The van der Waals surface area contributed by atoms with Gasteiger partial charge in [0.25, 0.3) is 0 Å². The molecule has 0 amide bonds. The number of hydrogen-bond acceptors (Lipinski definition) is 2. The molecule has 0 aliphatic heterocycles. The van der Waals surface area contributed by atoms with Gasteiger partial charge in [-0.2, -0.15) is 0 Å². The van der Waals surface area contributed by atoms with Crippen molar-refractivity contribution >= 4 is 67.8 Å². The van der Waals surface area contributed by atoms with E-state index in [1.165, 1.54) is 55.0 Å². The minimum atomic E-state index is -0.182. The van der Waals surface area contributed by atoms with E-state index in [9.17, 15) is 0 Å². The standard InChI is InChI=1S/C55H42N2/c1-55(2)52-36-40(27-26-39-28-31-45(32-29-39)56(42-17-6-3-7-18-42)43-19-8-4-9-20-43)30-34-49(52)50-35-33-46(38-53(50)55)57(44-21-10-5-11-22-44)54-37-41-16-12-13-23-47(41)48-24-14-15-25-51(48)54/h3-38H,1-2H3/b27-26+. The molecule has 0 radical (unpaired) electrons. The lowest BCUT2D eigenvalue weighted by Gasteiger charge is -2.29. The van der Waals surface area contributed by atoms with E-state index in [1.807, 2.05) is 0 Å². The molecule has 9 aromatic rings. The maximum atomic E-state index is 2.44. The topological polar surface area (TPSA) is 6.48 Å². The predicted octanol–water partition coefficient (Wildman–Crippen LogP) is 15.4. The molecule has 0 spiro atoms. The van der Waals surface area contributed by atoms with Crippen molar-refractivity contribution in [2.45, 2.75) is 19.3 Å². The number of benzene rings is 9. The molecule has 0 heterocycles. The molecule has 0 fully saturated rings. The van der Waals surface area contributed by atoms with Gasteiger partial charge in [0.2, 0.25) is 0 Å². The first kappa shape index (κ1) is 34.3. The van der Waals surface area contributed by atoms with Crippen LogP contribution in [0.15, 0.2) is 206 Å². The van der Waals surface area contributed by atoms with Crippen LogP contribution < -0.4 is 9.80 Å². The van der Waals surface area contributed by atoms with Gasteiger partial charge in [-0.1, -0.05) is 166 Å². The van der Waals surface area contributed by atoms with E-state index in [4.69, 9.17) is 0 Å². The van der Waals surface area contributed by atoms with Crippen molar-refractivity contribution in [3.63, 3.8) is 0 Å². The summed E-state index contributed by atoms with van der Waals surface area (Å²) in [6.07, 6.45) is 4.47. The molecule has 0 saturated heterocycles. The van der Waals surface area contributed by atoms with Crippen molar-refractivity contribution in [2.75, 3.05) is 9.80 Å². The van der Waals surface area contributed by atoms with Crippen LogP contribution in [0.3, 0.4) is 0 Å². The van der Waals surface area contributed by atoms with Crippen molar-refractivity contribution < 1.29 is 0 Å². The average molecular weight is 731 g/mol. The van der Waals surface area contributed by atoms with Crippen LogP contribution in [0, 0.1) is 0 Å². The smallest absolute Gasteiger partial charge is 0.0546 e. The summed E-state index contributed by atoms with van der Waals surface area (Å²) in [7, 11) is 0. The second-order valence-corrected chi connectivity index (χ2v) is 15.4. The molecule has 0 N–H and O–H groups in total. The molecule has 9 aromatic carbocycles. The molecule has 2 nitrogen and oxygen atoms in total. The van der Waals surface area contributed by atoms with Gasteiger partial charge in [0.15, 0.2) is 0 Å². The second-order valence-electron chi connectivity index (χ2n) is 15.4. The van der Waals surface area contributed by atoms with Crippen molar-refractivity contribution in [2.24, 2.45) is 0 Å². The van der Waals surface area contributed by atoms with E-state index in [0.29, 0.717) is 0 Å². The minimum absolute atomic E-state index is 0.182. The number of para-hydroxylation sites is 3. The molecule has 0 aromatic heterocycles. The van der Waals surface area contributed by atoms with Gasteiger partial charge in [-0.05, 0) is 116 Å². The van der Waals surface area contributed by atoms with Crippen LogP contribution in [0.2, 0.25) is 0 Å². The summed E-state index contributed by atoms with van der Waals surface area (Å²) in [5.41, 5.74) is 14.4. The van der Waals surface area contributed by atoms with Gasteiger partial charge in [-0.3, -0.25) is 0 Å². The zero-order chi connectivity index (χ0) is 38.3. The Morgan fingerprint density at radius 1 is 0.351 bits per heavy atom. The van der Waals surface area contributed by atoms with Crippen LogP contribution in [0.1, 0.15) is 36.1 Å². The quantitative estimate of drug-likeness (QED) is 0.113. The molecule has 0 atom stereocenters. The Kier molecular flexibility index (Phi) is 8.53. The molecule has 272 valence electrons. The molecule has 1 aliphatic carbocycles. The van der Waals surface area contributed by atoms with E-state index < -0.39 is 0 Å². The minimum Gasteiger partial charge on any atom is -0.311 e. The SMILES string of the molecule is CC1(C)c2cc(/C=C/c3ccc(N(c4ccccc4)c4ccccc4)cc3)ccc2-c2ccc(N(c3ccccc3)c3cc4ccccc4c4ccccc34)cc21. The summed E-state index contributed by atoms with van der Waals surface area (Å²) < 4.78 is 0. The number of nitrogens with zero attached hydrogens (tertiary/aromatic N) is 2. The lowest BCUT2D eigenvalue weighted by atomic mass is 9.81. The van der Waals surface area contributed by atoms with Gasteiger partial charge in [-0.15, -0.1) is 0 Å². The van der Waals surface area contributed by atoms with E-state index in [-0.39, 0.29) is 5.41 Å². The molecule has 0 bridgehead atoms. The van der Waals surface area contributed by atoms with Crippen LogP contribution >= 0.6 is 0 Å². The first-order valence-electron chi connectivity index (χ1n) is 19.8. The summed E-state index contributed by atoms with van der Waals surface area (Å²) in [6, 6.07) is 74.6. The fourth-order valence-corrected chi connectivity index (χ4v) is 8.74. The van der Waals surface area contributed by atoms with Gasteiger partial charge in [-0.25, -0.2) is 0 Å². The third-order valence-electron chi connectivity index (χ3n) is 11.6. The Balaban J connectivity index is 0.981. The maximum Gasteiger partial charge on any atom is 0.0546 e. The van der Waals surface area contributed by atoms with E-state index in [2.05, 4.69) is 242 Å². The number of anilines is 6. The van der Waals surface area contributed by atoms with Crippen LogP contribution in [0.5, 0.6) is 0 Å². The first-order chi connectivity index (χ1) is 28.0. The molecule has 0 unspecified atom stereocenters. The van der Waals surface area contributed by atoms with Crippen molar-refractivity contribution in [3.05, 3.63) is 229 Å². The molecular formula is C55H42N2. The van der Waals surface area contributed by atoms with Crippen LogP contribution in [-0.2, 0) is 5.41 Å². The summed E-state index contributed by atoms with van der Waals surface area (Å²) in [4.78, 5) is 4.73. The summed E-state index contributed by atoms with van der Waals surface area (Å²) in [5, 5.41) is 5.01. The highest BCUT2D eigenvalue weighted by molar-refractivity contribution is 6.14. The zero-order valence-electron chi connectivity index (χ0n) is 32.2. The number of rotatable bonds is 8. The van der Waals surface area contributed by atoms with Crippen molar-refractivity contribution in [1.82, 2.24) is 0 Å². The molecule has 10 rings (SSSR count).